The molecule has 3 aromatic rings. The van der Waals surface area contributed by atoms with Gasteiger partial charge in [0, 0.05) is 12.2 Å². The van der Waals surface area contributed by atoms with E-state index < -0.39 is 11.7 Å². The summed E-state index contributed by atoms with van der Waals surface area (Å²) in [5.74, 6) is -0.409. The molecule has 1 aromatic heterocycles. The van der Waals surface area contributed by atoms with E-state index in [2.05, 4.69) is 32.7 Å². The minimum absolute atomic E-state index is 0.0631. The summed E-state index contributed by atoms with van der Waals surface area (Å²) in [7, 11) is 0. The topological polar surface area (TPSA) is 66.9 Å². The quantitative estimate of drug-likeness (QED) is 0.683. The van der Waals surface area contributed by atoms with E-state index in [4.69, 9.17) is 11.6 Å². The van der Waals surface area contributed by atoms with Gasteiger partial charge in [-0.1, -0.05) is 41.9 Å². The maximum atomic E-state index is 13.1. The Morgan fingerprint density at radius 1 is 1.08 bits per heavy atom. The molecule has 0 unspecified atom stereocenters. The molecule has 0 aliphatic heterocycles. The highest BCUT2D eigenvalue weighted by Crippen LogP contribution is 2.19. The Morgan fingerprint density at radius 2 is 1.88 bits per heavy atom. The Balaban J connectivity index is 1.54. The van der Waals surface area contributed by atoms with Gasteiger partial charge in [0.15, 0.2) is 0 Å². The Bertz CT molecular complexity index is 888. The molecule has 0 aliphatic carbocycles. The summed E-state index contributed by atoms with van der Waals surface area (Å²) in [6, 6.07) is 14.0. The normalized spacial score (nSPS) is 10.4. The van der Waals surface area contributed by atoms with E-state index in [1.54, 1.807) is 0 Å². The molecule has 3 rings (SSSR count). The second-order valence-electron chi connectivity index (χ2n) is 5.53. The van der Waals surface area contributed by atoms with E-state index in [1.165, 1.54) is 36.2 Å². The van der Waals surface area contributed by atoms with Crippen molar-refractivity contribution in [3.63, 3.8) is 0 Å². The standard InChI is InChI=1S/C19H16ClFN4O/c20-15-10-14(6-7-16(15)21)25-19(26)17-11-24-18(12-23-17)22-9-8-13-4-2-1-3-5-13/h1-7,10-12H,8-9H2,(H,22,24)(H,25,26). The maximum absolute atomic E-state index is 13.1. The third-order valence-electron chi connectivity index (χ3n) is 3.62. The van der Waals surface area contributed by atoms with E-state index in [1.807, 2.05) is 18.2 Å². The number of carbonyl (C=O) groups excluding carboxylic acids is 1. The molecule has 0 aliphatic rings. The smallest absolute Gasteiger partial charge is 0.275 e. The number of halogens is 2. The van der Waals surface area contributed by atoms with Crippen LogP contribution in [0.5, 0.6) is 0 Å². The fourth-order valence-electron chi connectivity index (χ4n) is 2.29. The number of amides is 1. The van der Waals surface area contributed by atoms with Crippen molar-refractivity contribution in [3.05, 3.63) is 83.0 Å². The van der Waals surface area contributed by atoms with Crippen LogP contribution in [0.1, 0.15) is 16.1 Å². The van der Waals surface area contributed by atoms with Crippen molar-refractivity contribution in [1.29, 1.82) is 0 Å². The maximum Gasteiger partial charge on any atom is 0.275 e. The van der Waals surface area contributed by atoms with Crippen molar-refractivity contribution in [2.45, 2.75) is 6.42 Å². The Kier molecular flexibility index (Phi) is 5.76. The van der Waals surface area contributed by atoms with Crippen LogP contribution >= 0.6 is 11.6 Å². The number of anilines is 2. The van der Waals surface area contributed by atoms with Crippen LogP contribution in [0.25, 0.3) is 0 Å². The lowest BCUT2D eigenvalue weighted by Crippen LogP contribution is -2.15. The number of aromatic nitrogens is 2. The summed E-state index contributed by atoms with van der Waals surface area (Å²) in [5.41, 5.74) is 1.76. The first kappa shape index (κ1) is 17.8. The SMILES string of the molecule is O=C(Nc1ccc(F)c(Cl)c1)c1cnc(NCCc2ccccc2)cn1. The van der Waals surface area contributed by atoms with Crippen molar-refractivity contribution in [2.75, 3.05) is 17.2 Å². The number of benzene rings is 2. The molecule has 0 saturated carbocycles. The highest BCUT2D eigenvalue weighted by Gasteiger charge is 2.10. The van der Waals surface area contributed by atoms with Gasteiger partial charge in [-0.2, -0.15) is 0 Å². The molecular weight excluding hydrogens is 355 g/mol. The number of rotatable bonds is 6. The molecule has 1 amide bonds. The zero-order chi connectivity index (χ0) is 18.4. The van der Waals surface area contributed by atoms with E-state index in [0.29, 0.717) is 18.1 Å². The van der Waals surface area contributed by atoms with Gasteiger partial charge in [0.05, 0.1) is 17.4 Å². The van der Waals surface area contributed by atoms with Crippen molar-refractivity contribution in [2.24, 2.45) is 0 Å². The van der Waals surface area contributed by atoms with E-state index in [0.717, 1.165) is 6.42 Å². The van der Waals surface area contributed by atoms with Crippen LogP contribution in [0.4, 0.5) is 15.9 Å². The average Bonchev–Trinajstić information content (AvgIpc) is 2.66. The molecule has 0 fully saturated rings. The molecule has 0 radical (unpaired) electrons. The molecule has 0 bridgehead atoms. The first-order valence-electron chi connectivity index (χ1n) is 7.98. The monoisotopic (exact) mass is 370 g/mol. The van der Waals surface area contributed by atoms with E-state index >= 15 is 0 Å². The van der Waals surface area contributed by atoms with Gasteiger partial charge in [0.25, 0.3) is 5.91 Å². The minimum atomic E-state index is -0.546. The summed E-state index contributed by atoms with van der Waals surface area (Å²) in [5, 5.41) is 5.69. The molecule has 1 heterocycles. The lowest BCUT2D eigenvalue weighted by molar-refractivity contribution is 0.102. The number of carbonyl (C=O) groups is 1. The summed E-state index contributed by atoms with van der Waals surface area (Å²) < 4.78 is 13.1. The number of hydrogen-bond acceptors (Lipinski definition) is 4. The molecule has 2 N–H and O–H groups in total. The Hall–Kier alpha value is -2.99. The molecule has 132 valence electrons. The first-order valence-corrected chi connectivity index (χ1v) is 8.36. The van der Waals surface area contributed by atoms with Gasteiger partial charge in [-0.15, -0.1) is 0 Å². The van der Waals surface area contributed by atoms with Crippen molar-refractivity contribution >= 4 is 29.0 Å². The second-order valence-corrected chi connectivity index (χ2v) is 5.94. The van der Waals surface area contributed by atoms with Gasteiger partial charge in [-0.3, -0.25) is 4.79 Å². The average molecular weight is 371 g/mol. The first-order chi connectivity index (χ1) is 12.6. The minimum Gasteiger partial charge on any atom is -0.368 e. The van der Waals surface area contributed by atoms with Crippen LogP contribution in [0.15, 0.2) is 60.9 Å². The lowest BCUT2D eigenvalue weighted by atomic mass is 10.1. The van der Waals surface area contributed by atoms with Gasteiger partial charge >= 0.3 is 0 Å². The predicted octanol–water partition coefficient (Wildman–Crippen LogP) is 4.18. The van der Waals surface area contributed by atoms with Gasteiger partial charge in [0.2, 0.25) is 0 Å². The molecule has 0 saturated heterocycles. The Morgan fingerprint density at radius 3 is 2.58 bits per heavy atom. The zero-order valence-electron chi connectivity index (χ0n) is 13.7. The lowest BCUT2D eigenvalue weighted by Gasteiger charge is -2.07. The van der Waals surface area contributed by atoms with Gasteiger partial charge in [0.1, 0.15) is 17.3 Å². The molecule has 0 atom stereocenters. The van der Waals surface area contributed by atoms with Crippen LogP contribution in [-0.4, -0.2) is 22.4 Å². The van der Waals surface area contributed by atoms with Crippen molar-refractivity contribution in [3.8, 4) is 0 Å². The Labute approximate surface area is 155 Å². The zero-order valence-corrected chi connectivity index (χ0v) is 14.5. The molecule has 7 heteroatoms. The fourth-order valence-corrected chi connectivity index (χ4v) is 2.47. The largest absolute Gasteiger partial charge is 0.368 e. The van der Waals surface area contributed by atoms with Gasteiger partial charge in [-0.05, 0) is 30.2 Å². The highest BCUT2D eigenvalue weighted by atomic mass is 35.5. The van der Waals surface area contributed by atoms with Crippen LogP contribution in [-0.2, 0) is 6.42 Å². The van der Waals surface area contributed by atoms with Gasteiger partial charge < -0.3 is 10.6 Å². The molecule has 2 aromatic carbocycles. The number of nitrogens with one attached hydrogen (secondary N) is 2. The number of hydrogen-bond donors (Lipinski definition) is 2. The van der Waals surface area contributed by atoms with Crippen LogP contribution in [0.3, 0.4) is 0 Å². The summed E-state index contributed by atoms with van der Waals surface area (Å²) >= 11 is 5.69. The van der Waals surface area contributed by atoms with Gasteiger partial charge in [-0.25, -0.2) is 14.4 Å². The fraction of sp³-hybridized carbons (Fsp3) is 0.105. The summed E-state index contributed by atoms with van der Waals surface area (Å²) in [6.07, 6.45) is 3.74. The van der Waals surface area contributed by atoms with Crippen molar-refractivity contribution in [1.82, 2.24) is 9.97 Å². The third kappa shape index (κ3) is 4.77. The van der Waals surface area contributed by atoms with E-state index in [9.17, 15) is 9.18 Å². The van der Waals surface area contributed by atoms with E-state index in [-0.39, 0.29) is 10.7 Å². The molecule has 5 nitrogen and oxygen atoms in total. The molecule has 0 spiro atoms. The van der Waals surface area contributed by atoms with Crippen molar-refractivity contribution < 1.29 is 9.18 Å². The third-order valence-corrected chi connectivity index (χ3v) is 3.91. The molecule has 26 heavy (non-hydrogen) atoms. The molecular formula is C19H16ClFN4O. The summed E-state index contributed by atoms with van der Waals surface area (Å²) in [4.78, 5) is 20.4. The van der Waals surface area contributed by atoms with Crippen LogP contribution in [0, 0.1) is 5.82 Å². The predicted molar refractivity (Wildman–Crippen MR) is 100 cm³/mol. The highest BCUT2D eigenvalue weighted by molar-refractivity contribution is 6.31. The van der Waals surface area contributed by atoms with Crippen LogP contribution in [0.2, 0.25) is 5.02 Å². The van der Waals surface area contributed by atoms with Crippen LogP contribution < -0.4 is 10.6 Å². The second kappa shape index (κ2) is 8.40. The number of nitrogens with zero attached hydrogens (tertiary/aromatic N) is 2. The summed E-state index contributed by atoms with van der Waals surface area (Å²) in [6.45, 7) is 0.707.